The van der Waals surface area contributed by atoms with Crippen LogP contribution in [-0.4, -0.2) is 36.3 Å². The second-order valence-electron chi connectivity index (χ2n) is 5.73. The van der Waals surface area contributed by atoms with Crippen molar-refractivity contribution in [3.8, 4) is 5.75 Å². The van der Waals surface area contributed by atoms with Crippen LogP contribution in [0.5, 0.6) is 5.75 Å². The maximum absolute atomic E-state index is 12.3. The zero-order valence-electron chi connectivity index (χ0n) is 14.8. The van der Waals surface area contributed by atoms with E-state index in [0.29, 0.717) is 13.0 Å². The summed E-state index contributed by atoms with van der Waals surface area (Å²) in [5.41, 5.74) is 1.88. The van der Waals surface area contributed by atoms with E-state index in [9.17, 15) is 9.59 Å². The van der Waals surface area contributed by atoms with Gasteiger partial charge in [0.05, 0.1) is 13.7 Å². The Labute approximate surface area is 158 Å². The summed E-state index contributed by atoms with van der Waals surface area (Å²) in [7, 11) is 3.27. The van der Waals surface area contributed by atoms with Crippen molar-refractivity contribution < 1.29 is 14.3 Å². The molecular weight excluding hydrogens is 352 g/mol. The molecule has 2 amide bonds. The predicted octanol–water partition coefficient (Wildman–Crippen LogP) is 3.39. The highest BCUT2D eigenvalue weighted by atomic mass is 35.5. The van der Waals surface area contributed by atoms with E-state index in [1.807, 2.05) is 42.5 Å². The molecule has 0 saturated heterocycles. The number of carbonyl (C=O) groups is 2. The molecule has 0 aromatic heterocycles. The third-order valence-corrected chi connectivity index (χ3v) is 4.12. The van der Waals surface area contributed by atoms with Gasteiger partial charge in [0.15, 0.2) is 0 Å². The molecule has 0 fully saturated rings. The predicted molar refractivity (Wildman–Crippen MR) is 101 cm³/mol. The standard InChI is InChI=1S/C20H21ClN2O3/c1-22(13-16-6-4-3-5-7-16)20(25)12-19(21)23(15-24)14-17-8-10-18(26-2)11-9-17/h3-12,15H,13-14H2,1-2H3/b19-12-. The van der Waals surface area contributed by atoms with Crippen LogP contribution in [-0.2, 0) is 22.7 Å². The van der Waals surface area contributed by atoms with Gasteiger partial charge < -0.3 is 14.5 Å². The third kappa shape index (κ3) is 5.63. The Bertz CT molecular complexity index is 760. The number of ether oxygens (including phenoxy) is 1. The number of carbonyl (C=O) groups excluding carboxylic acids is 2. The lowest BCUT2D eigenvalue weighted by atomic mass is 10.2. The first-order valence-electron chi connectivity index (χ1n) is 8.04. The van der Waals surface area contributed by atoms with E-state index in [1.165, 1.54) is 15.9 Å². The Morgan fingerprint density at radius 1 is 1.04 bits per heavy atom. The molecule has 26 heavy (non-hydrogen) atoms. The summed E-state index contributed by atoms with van der Waals surface area (Å²) in [6.07, 6.45) is 1.86. The highest BCUT2D eigenvalue weighted by molar-refractivity contribution is 6.31. The molecule has 5 nitrogen and oxygen atoms in total. The maximum Gasteiger partial charge on any atom is 0.249 e. The van der Waals surface area contributed by atoms with Crippen molar-refractivity contribution in [1.29, 1.82) is 0 Å². The van der Waals surface area contributed by atoms with Crippen LogP contribution in [0.15, 0.2) is 65.8 Å². The Hall–Kier alpha value is -2.79. The Kier molecular flexibility index (Phi) is 7.24. The first-order chi connectivity index (χ1) is 12.5. The number of rotatable bonds is 8. The number of amides is 2. The fraction of sp³-hybridized carbons (Fsp3) is 0.200. The molecule has 0 atom stereocenters. The first kappa shape index (κ1) is 19.5. The van der Waals surface area contributed by atoms with E-state index >= 15 is 0 Å². The fourth-order valence-electron chi connectivity index (χ4n) is 2.32. The minimum atomic E-state index is -0.277. The Morgan fingerprint density at radius 2 is 1.65 bits per heavy atom. The molecule has 0 unspecified atom stereocenters. The molecule has 2 aromatic carbocycles. The van der Waals surface area contributed by atoms with Crippen LogP contribution in [0, 0.1) is 0 Å². The van der Waals surface area contributed by atoms with Crippen molar-refractivity contribution >= 4 is 23.9 Å². The summed E-state index contributed by atoms with van der Waals surface area (Å²) in [5, 5.41) is 0.0701. The van der Waals surface area contributed by atoms with Gasteiger partial charge in [0.25, 0.3) is 0 Å². The normalized spacial score (nSPS) is 11.0. The SMILES string of the molecule is COc1ccc(CN(C=O)/C(Cl)=C\C(=O)N(C)Cc2ccccc2)cc1. The lowest BCUT2D eigenvalue weighted by Gasteiger charge is -2.19. The second kappa shape index (κ2) is 9.63. The number of methoxy groups -OCH3 is 1. The zero-order valence-corrected chi connectivity index (χ0v) is 15.5. The quantitative estimate of drug-likeness (QED) is 0.405. The van der Waals surface area contributed by atoms with Crippen LogP contribution < -0.4 is 4.74 Å². The van der Waals surface area contributed by atoms with Crippen LogP contribution in [0.1, 0.15) is 11.1 Å². The van der Waals surface area contributed by atoms with Crippen LogP contribution >= 0.6 is 11.6 Å². The van der Waals surface area contributed by atoms with Crippen molar-refractivity contribution in [3.05, 3.63) is 77.0 Å². The van der Waals surface area contributed by atoms with E-state index in [-0.39, 0.29) is 17.6 Å². The van der Waals surface area contributed by atoms with E-state index < -0.39 is 0 Å². The molecular formula is C20H21ClN2O3. The molecule has 0 heterocycles. The number of likely N-dealkylation sites (N-methyl/N-ethyl adjacent to an activating group) is 1. The van der Waals surface area contributed by atoms with Crippen LogP contribution in [0.4, 0.5) is 0 Å². The van der Waals surface area contributed by atoms with Gasteiger partial charge in [-0.2, -0.15) is 0 Å². The number of hydrogen-bond donors (Lipinski definition) is 0. The van der Waals surface area contributed by atoms with Gasteiger partial charge in [0, 0.05) is 19.7 Å². The van der Waals surface area contributed by atoms with Gasteiger partial charge in [-0.3, -0.25) is 9.59 Å². The third-order valence-electron chi connectivity index (χ3n) is 3.79. The molecule has 0 aliphatic carbocycles. The van der Waals surface area contributed by atoms with Gasteiger partial charge in [0.1, 0.15) is 10.9 Å². The molecule has 2 rings (SSSR count). The van der Waals surface area contributed by atoms with Crippen LogP contribution in [0.2, 0.25) is 0 Å². The summed E-state index contributed by atoms with van der Waals surface area (Å²) >= 11 is 6.18. The molecule has 0 saturated carbocycles. The molecule has 0 radical (unpaired) electrons. The summed E-state index contributed by atoms with van der Waals surface area (Å²) in [4.78, 5) is 26.5. The Morgan fingerprint density at radius 3 is 2.23 bits per heavy atom. The summed E-state index contributed by atoms with van der Waals surface area (Å²) in [6, 6.07) is 16.9. The van der Waals surface area contributed by atoms with Gasteiger partial charge in [-0.05, 0) is 23.3 Å². The topological polar surface area (TPSA) is 49.9 Å². The minimum Gasteiger partial charge on any atom is -0.497 e. The van der Waals surface area contributed by atoms with Gasteiger partial charge in [0.2, 0.25) is 12.3 Å². The van der Waals surface area contributed by atoms with Crippen molar-refractivity contribution in [2.45, 2.75) is 13.1 Å². The van der Waals surface area contributed by atoms with Crippen LogP contribution in [0.3, 0.4) is 0 Å². The summed E-state index contributed by atoms with van der Waals surface area (Å²) < 4.78 is 5.10. The highest BCUT2D eigenvalue weighted by Gasteiger charge is 2.12. The van der Waals surface area contributed by atoms with Gasteiger partial charge >= 0.3 is 0 Å². The second-order valence-corrected chi connectivity index (χ2v) is 6.12. The van der Waals surface area contributed by atoms with E-state index in [0.717, 1.165) is 16.9 Å². The lowest BCUT2D eigenvalue weighted by molar-refractivity contribution is -0.125. The summed E-state index contributed by atoms with van der Waals surface area (Å²) in [6.45, 7) is 0.721. The summed E-state index contributed by atoms with van der Waals surface area (Å²) in [5.74, 6) is 0.450. The largest absolute Gasteiger partial charge is 0.497 e. The minimum absolute atomic E-state index is 0.0701. The number of nitrogens with zero attached hydrogens (tertiary/aromatic N) is 2. The highest BCUT2D eigenvalue weighted by Crippen LogP contribution is 2.16. The molecule has 136 valence electrons. The first-order valence-corrected chi connectivity index (χ1v) is 8.42. The van der Waals surface area contributed by atoms with E-state index in [4.69, 9.17) is 16.3 Å². The molecule has 0 aliphatic rings. The molecule has 0 bridgehead atoms. The molecule has 6 heteroatoms. The monoisotopic (exact) mass is 372 g/mol. The van der Waals surface area contributed by atoms with Crippen molar-refractivity contribution in [2.24, 2.45) is 0 Å². The maximum atomic E-state index is 12.3. The van der Waals surface area contributed by atoms with Gasteiger partial charge in [-0.25, -0.2) is 0 Å². The molecule has 2 aromatic rings. The molecule has 0 aliphatic heterocycles. The molecule has 0 spiro atoms. The number of halogens is 1. The number of benzene rings is 2. The number of hydrogen-bond acceptors (Lipinski definition) is 3. The zero-order chi connectivity index (χ0) is 18.9. The van der Waals surface area contributed by atoms with Gasteiger partial charge in [-0.15, -0.1) is 0 Å². The van der Waals surface area contributed by atoms with Crippen molar-refractivity contribution in [2.75, 3.05) is 14.2 Å². The fourth-order valence-corrected chi connectivity index (χ4v) is 2.51. The lowest BCUT2D eigenvalue weighted by Crippen LogP contribution is -2.26. The smallest absolute Gasteiger partial charge is 0.249 e. The van der Waals surface area contributed by atoms with Crippen LogP contribution in [0.25, 0.3) is 0 Å². The van der Waals surface area contributed by atoms with E-state index in [2.05, 4.69) is 0 Å². The average Bonchev–Trinajstić information content (AvgIpc) is 2.67. The van der Waals surface area contributed by atoms with Gasteiger partial charge in [-0.1, -0.05) is 54.1 Å². The van der Waals surface area contributed by atoms with E-state index in [1.54, 1.807) is 26.3 Å². The average molecular weight is 373 g/mol. The Balaban J connectivity index is 2.01. The van der Waals surface area contributed by atoms with Crippen molar-refractivity contribution in [1.82, 2.24) is 9.80 Å². The van der Waals surface area contributed by atoms with Crippen molar-refractivity contribution in [3.63, 3.8) is 0 Å². The molecule has 0 N–H and O–H groups in total.